The summed E-state index contributed by atoms with van der Waals surface area (Å²) in [5, 5.41) is 6.44. The van der Waals surface area contributed by atoms with Gasteiger partial charge in [0.05, 0.1) is 29.3 Å². The number of benzene rings is 3. The summed E-state index contributed by atoms with van der Waals surface area (Å²) < 4.78 is 54.6. The van der Waals surface area contributed by atoms with Crippen LogP contribution < -0.4 is 15.5 Å². The second-order valence-corrected chi connectivity index (χ2v) is 21.2. The molecule has 3 aromatic heterocycles. The van der Waals surface area contributed by atoms with Crippen LogP contribution in [-0.4, -0.2) is 154 Å². The van der Waals surface area contributed by atoms with Crippen LogP contribution in [0, 0.1) is 11.7 Å². The summed E-state index contributed by atoms with van der Waals surface area (Å²) in [4.78, 5) is 60.3. The minimum Gasteiger partial charge on any atom is -0.377 e. The number of imidazole rings is 1. The van der Waals surface area contributed by atoms with E-state index >= 15 is 13.2 Å². The maximum atomic E-state index is 15.9. The number of H-pyrrole nitrogens is 1. The molecule has 6 aromatic rings. The van der Waals surface area contributed by atoms with Crippen molar-refractivity contribution in [1.29, 1.82) is 0 Å². The molecule has 0 spiro atoms. The van der Waals surface area contributed by atoms with E-state index in [1.807, 2.05) is 37.9 Å². The topological polar surface area (TPSA) is 147 Å². The van der Waals surface area contributed by atoms with Gasteiger partial charge in [0.25, 0.3) is 11.8 Å². The average molecular weight is 1010 g/mol. The largest absolute Gasteiger partial charge is 0.377 e. The predicted octanol–water partition coefficient (Wildman–Crippen LogP) is 7.38. The molecule has 5 fully saturated rings. The zero-order chi connectivity index (χ0) is 51.1. The number of carbonyl (C=O) groups is 3. The van der Waals surface area contributed by atoms with Gasteiger partial charge < -0.3 is 29.4 Å². The minimum absolute atomic E-state index is 0.0319. The van der Waals surface area contributed by atoms with Crippen LogP contribution in [0.2, 0.25) is 0 Å². The summed E-state index contributed by atoms with van der Waals surface area (Å²) in [7, 11) is 3.77. The first-order valence-corrected chi connectivity index (χ1v) is 26.4. The van der Waals surface area contributed by atoms with Crippen LogP contribution >= 0.6 is 0 Å². The molecule has 2 unspecified atom stereocenters. The number of amides is 3. The van der Waals surface area contributed by atoms with Crippen molar-refractivity contribution in [3.63, 3.8) is 0 Å². The van der Waals surface area contributed by atoms with E-state index < -0.39 is 29.7 Å². The molecular weight excluding hydrogens is 948 g/mol. The smallest absolute Gasteiger partial charge is 0.275 e. The Balaban J connectivity index is 0.612. The van der Waals surface area contributed by atoms with Crippen molar-refractivity contribution < 1.29 is 32.3 Å². The van der Waals surface area contributed by atoms with Gasteiger partial charge in [-0.15, -0.1) is 0 Å². The highest BCUT2D eigenvalue weighted by Crippen LogP contribution is 2.36. The van der Waals surface area contributed by atoms with Crippen molar-refractivity contribution in [3.05, 3.63) is 107 Å². The molecule has 0 radical (unpaired) electrons. The maximum Gasteiger partial charge on any atom is 0.275 e. The third-order valence-corrected chi connectivity index (χ3v) is 16.4. The van der Waals surface area contributed by atoms with Gasteiger partial charge in [0.1, 0.15) is 29.9 Å². The van der Waals surface area contributed by atoms with Gasteiger partial charge in [-0.05, 0) is 135 Å². The van der Waals surface area contributed by atoms with Gasteiger partial charge in [0, 0.05) is 108 Å². The Morgan fingerprint density at radius 3 is 2.35 bits per heavy atom. The molecule has 0 aliphatic carbocycles. The quantitative estimate of drug-likeness (QED) is 0.0997. The van der Waals surface area contributed by atoms with Crippen molar-refractivity contribution in [3.8, 4) is 11.1 Å². The molecule has 3 aromatic carbocycles. The van der Waals surface area contributed by atoms with Crippen LogP contribution in [0.3, 0.4) is 0 Å². The van der Waals surface area contributed by atoms with Crippen LogP contribution in [-0.2, 0) is 34.5 Å². The molecule has 390 valence electrons. The lowest BCUT2D eigenvalue weighted by Gasteiger charge is -2.47. The van der Waals surface area contributed by atoms with Crippen LogP contribution in [0.15, 0.2) is 79.0 Å². The summed E-state index contributed by atoms with van der Waals surface area (Å²) >= 11 is 0. The number of fused-ring (bicyclic) bond motifs is 2. The first-order chi connectivity index (χ1) is 35.8. The Morgan fingerprint density at radius 2 is 1.62 bits per heavy atom. The lowest BCUT2D eigenvalue weighted by Crippen LogP contribution is -2.62. The van der Waals surface area contributed by atoms with E-state index in [4.69, 9.17) is 9.72 Å². The molecular formula is C56H66F3N11O4. The van der Waals surface area contributed by atoms with Gasteiger partial charge in [-0.1, -0.05) is 18.2 Å². The second kappa shape index (κ2) is 21.1. The van der Waals surface area contributed by atoms with Gasteiger partial charge >= 0.3 is 0 Å². The molecule has 0 saturated carbocycles. The number of alkyl halides is 2. The van der Waals surface area contributed by atoms with Crippen molar-refractivity contribution >= 4 is 51.2 Å². The Labute approximate surface area is 429 Å². The third-order valence-electron chi connectivity index (χ3n) is 16.4. The Hall–Kier alpha value is -6.34. The Bertz CT molecular complexity index is 3010. The van der Waals surface area contributed by atoms with Crippen molar-refractivity contribution in [2.75, 3.05) is 89.3 Å². The number of hydrogen-bond donors (Lipinski definition) is 3. The summed E-state index contributed by atoms with van der Waals surface area (Å²) in [6.45, 7) is 7.03. The maximum absolute atomic E-state index is 15.9. The highest BCUT2D eigenvalue weighted by molar-refractivity contribution is 6.01. The highest BCUT2D eigenvalue weighted by Gasteiger charge is 2.48. The number of ether oxygens (including phenoxy) is 1. The van der Waals surface area contributed by atoms with Gasteiger partial charge in [0.2, 0.25) is 11.8 Å². The number of piperidine rings is 4. The lowest BCUT2D eigenvalue weighted by atomic mass is 9.88. The second-order valence-electron chi connectivity index (χ2n) is 21.2. The number of piperazine rings is 1. The summed E-state index contributed by atoms with van der Waals surface area (Å²) in [6, 6.07) is 22.1. The van der Waals surface area contributed by atoms with E-state index in [1.165, 1.54) is 17.3 Å². The number of imide groups is 1. The van der Waals surface area contributed by atoms with Crippen LogP contribution in [0.25, 0.3) is 33.2 Å². The minimum atomic E-state index is -2.88. The fraction of sp³-hybridized carbons (Fsp3) is 0.482. The number of rotatable bonds is 13. The summed E-state index contributed by atoms with van der Waals surface area (Å²) in [5.41, 5.74) is 9.14. The molecule has 18 heteroatoms. The number of aryl methyl sites for hydroxylation is 1. The molecule has 11 rings (SSSR count). The number of methoxy groups -OCH3 is 1. The van der Waals surface area contributed by atoms with Gasteiger partial charge in [-0.25, -0.2) is 23.1 Å². The number of likely N-dealkylation sites (tertiary alicyclic amines) is 3. The number of halogens is 3. The monoisotopic (exact) mass is 1010 g/mol. The highest BCUT2D eigenvalue weighted by atomic mass is 19.3. The first kappa shape index (κ1) is 49.9. The average Bonchev–Trinajstić information content (AvgIpc) is 3.96. The van der Waals surface area contributed by atoms with Crippen molar-refractivity contribution in [2.24, 2.45) is 13.0 Å². The molecule has 0 bridgehead atoms. The first-order valence-electron chi connectivity index (χ1n) is 26.4. The van der Waals surface area contributed by atoms with Crippen LogP contribution in [0.1, 0.15) is 78.3 Å². The lowest BCUT2D eigenvalue weighted by molar-refractivity contribution is -0.133. The van der Waals surface area contributed by atoms with Gasteiger partial charge in [0.15, 0.2) is 0 Å². The van der Waals surface area contributed by atoms with Gasteiger partial charge in [-0.2, -0.15) is 0 Å². The molecule has 2 atom stereocenters. The SMILES string of the molecule is COCc1nc2ccc(-c3ccnc4c3cc(CN3CCC(c5ccc(C(=O)N6CCC(CN7CCC(N8CCN(c9ccc(NC%10CCC(=O)NC%10=O)cc9F)CC8)C(F)(F)C7)CC6)cc5)CC3)n4C)cc2[nH]1. The Kier molecular flexibility index (Phi) is 14.2. The van der Waals surface area contributed by atoms with Crippen molar-refractivity contribution in [1.82, 2.24) is 44.4 Å². The van der Waals surface area contributed by atoms with E-state index in [1.54, 1.807) is 19.2 Å². The molecule has 5 aliphatic heterocycles. The molecule has 5 saturated heterocycles. The number of carbonyl (C=O) groups excluding carboxylic acids is 3. The number of nitrogens with zero attached hydrogens (tertiary/aromatic N) is 8. The number of anilines is 2. The van der Waals surface area contributed by atoms with E-state index in [0.29, 0.717) is 94.7 Å². The summed E-state index contributed by atoms with van der Waals surface area (Å²) in [6.07, 6.45) is 6.46. The van der Waals surface area contributed by atoms with E-state index in [2.05, 4.69) is 79.6 Å². The number of hydrogen-bond acceptors (Lipinski definition) is 11. The van der Waals surface area contributed by atoms with Crippen LogP contribution in [0.4, 0.5) is 24.5 Å². The zero-order valence-electron chi connectivity index (χ0n) is 42.3. The summed E-state index contributed by atoms with van der Waals surface area (Å²) in [5.74, 6) is -2.57. The van der Waals surface area contributed by atoms with E-state index in [0.717, 1.165) is 84.3 Å². The van der Waals surface area contributed by atoms with Crippen molar-refractivity contribution in [2.45, 2.75) is 82.0 Å². The zero-order valence-corrected chi connectivity index (χ0v) is 42.3. The number of nitrogens with one attached hydrogen (secondary N) is 3. The predicted molar refractivity (Wildman–Crippen MR) is 279 cm³/mol. The van der Waals surface area contributed by atoms with Gasteiger partial charge in [-0.3, -0.25) is 34.4 Å². The molecule has 8 heterocycles. The fourth-order valence-electron chi connectivity index (χ4n) is 12.3. The molecule has 5 aliphatic rings. The standard InChI is InChI=1S/C56H66F3N11O4/c1-65-42(31-44-43(13-19-60-53(44)65)40-7-9-46-48(29-40)63-51(62-46)34-74-2)33-66-20-16-38(17-21-66)37-3-5-39(6-4-37)55(73)70-23-14-36(15-24-70)32-67-22-18-50(56(58,59)35-67)69-27-25-68(26-28-69)49-11-8-41(30-45(49)57)61-47-10-12-52(71)64-54(47)72/h3-9,11,13,19,29-31,36,38,47,50,61H,10,12,14-18,20-28,32-35H2,1-2H3,(H,62,63)(H,64,71,72). The fourth-order valence-corrected chi connectivity index (χ4v) is 12.3. The molecule has 3 amide bonds. The normalized spacial score (nSPS) is 22.0. The van der Waals surface area contributed by atoms with Crippen LogP contribution in [0.5, 0.6) is 0 Å². The number of aromatic amines is 1. The van der Waals surface area contributed by atoms with E-state index in [-0.39, 0.29) is 30.7 Å². The number of pyridine rings is 1. The van der Waals surface area contributed by atoms with E-state index in [9.17, 15) is 14.4 Å². The number of aromatic nitrogens is 4. The Morgan fingerprint density at radius 1 is 0.851 bits per heavy atom. The third kappa shape index (κ3) is 10.5. The molecule has 3 N–H and O–H groups in total. The molecule has 74 heavy (non-hydrogen) atoms. The molecule has 15 nitrogen and oxygen atoms in total.